The molecule has 1 aliphatic rings. The maximum absolute atomic E-state index is 12.3. The van der Waals surface area contributed by atoms with Gasteiger partial charge >= 0.3 is 0 Å². The van der Waals surface area contributed by atoms with Crippen LogP contribution in [0.2, 0.25) is 0 Å². The first-order valence-corrected chi connectivity index (χ1v) is 8.71. The summed E-state index contributed by atoms with van der Waals surface area (Å²) < 4.78 is 0. The van der Waals surface area contributed by atoms with Gasteiger partial charge in [0.2, 0.25) is 5.91 Å². The van der Waals surface area contributed by atoms with Crippen molar-refractivity contribution in [3.8, 4) is 5.69 Å². The van der Waals surface area contributed by atoms with E-state index in [0.29, 0.717) is 19.5 Å². The third-order valence-corrected chi connectivity index (χ3v) is 4.33. The highest BCUT2D eigenvalue weighted by molar-refractivity contribution is 5.95. The molecule has 4 rings (SSSR count). The number of amides is 2. The van der Waals surface area contributed by atoms with Crippen LogP contribution in [0.3, 0.4) is 0 Å². The van der Waals surface area contributed by atoms with Crippen molar-refractivity contribution in [1.29, 1.82) is 0 Å². The highest BCUT2D eigenvalue weighted by Crippen LogP contribution is 2.21. The van der Waals surface area contributed by atoms with E-state index in [1.165, 1.54) is 11.0 Å². The molecule has 0 saturated carbocycles. The lowest BCUT2D eigenvalue weighted by Gasteiger charge is -2.16. The average Bonchev–Trinajstić information content (AvgIpc) is 3.36. The second-order valence-corrected chi connectivity index (χ2v) is 6.24. The summed E-state index contributed by atoms with van der Waals surface area (Å²) in [5, 5.41) is 11.1. The van der Waals surface area contributed by atoms with Crippen LogP contribution in [-0.2, 0) is 11.3 Å². The molecular weight excluding hydrogens is 344 g/mol. The van der Waals surface area contributed by atoms with Crippen LogP contribution in [0.15, 0.2) is 55.0 Å². The standard InChI is InChI=1S/C19H18N6O2/c26-18-7-4-8-24(18)16-9-14(10-20-12-16)11-21-19(27)17-13-22-25(23-17)15-5-2-1-3-6-15/h1-3,5-6,9-10,12-13H,4,7-8,11H2,(H,21,27). The summed E-state index contributed by atoms with van der Waals surface area (Å²) in [7, 11) is 0. The minimum atomic E-state index is -0.320. The van der Waals surface area contributed by atoms with E-state index in [1.807, 2.05) is 36.4 Å². The minimum absolute atomic E-state index is 0.107. The summed E-state index contributed by atoms with van der Waals surface area (Å²) in [6.07, 6.45) is 6.19. The number of carbonyl (C=O) groups is 2. The molecule has 8 heteroatoms. The Labute approximate surface area is 155 Å². The molecule has 1 saturated heterocycles. The Kier molecular flexibility index (Phi) is 4.61. The first-order valence-electron chi connectivity index (χ1n) is 8.71. The van der Waals surface area contributed by atoms with E-state index in [-0.39, 0.29) is 17.5 Å². The molecule has 27 heavy (non-hydrogen) atoms. The van der Waals surface area contributed by atoms with Gasteiger partial charge in [0, 0.05) is 25.7 Å². The Morgan fingerprint density at radius 2 is 1.96 bits per heavy atom. The van der Waals surface area contributed by atoms with Gasteiger partial charge in [-0.3, -0.25) is 14.6 Å². The molecule has 136 valence electrons. The van der Waals surface area contributed by atoms with Gasteiger partial charge in [-0.2, -0.15) is 9.90 Å². The van der Waals surface area contributed by atoms with E-state index in [9.17, 15) is 9.59 Å². The summed E-state index contributed by atoms with van der Waals surface area (Å²) in [6.45, 7) is 0.999. The van der Waals surface area contributed by atoms with Crippen LogP contribution in [0.25, 0.3) is 5.69 Å². The maximum atomic E-state index is 12.3. The fraction of sp³-hybridized carbons (Fsp3) is 0.211. The molecular formula is C19H18N6O2. The maximum Gasteiger partial charge on any atom is 0.273 e. The summed E-state index contributed by atoms with van der Waals surface area (Å²) in [5.41, 5.74) is 2.59. The minimum Gasteiger partial charge on any atom is -0.346 e. The Bertz CT molecular complexity index is 969. The third-order valence-electron chi connectivity index (χ3n) is 4.33. The first kappa shape index (κ1) is 16.9. The average molecular weight is 362 g/mol. The monoisotopic (exact) mass is 362 g/mol. The van der Waals surface area contributed by atoms with Gasteiger partial charge in [-0.1, -0.05) is 18.2 Å². The van der Waals surface area contributed by atoms with Gasteiger partial charge in [0.25, 0.3) is 5.91 Å². The van der Waals surface area contributed by atoms with Crippen molar-refractivity contribution in [3.05, 3.63) is 66.2 Å². The highest BCUT2D eigenvalue weighted by atomic mass is 16.2. The number of para-hydroxylation sites is 1. The molecule has 1 aromatic carbocycles. The Morgan fingerprint density at radius 3 is 2.74 bits per heavy atom. The molecule has 0 atom stereocenters. The molecule has 0 aliphatic carbocycles. The number of pyridine rings is 1. The molecule has 8 nitrogen and oxygen atoms in total. The molecule has 2 aromatic heterocycles. The van der Waals surface area contributed by atoms with Gasteiger partial charge in [0.15, 0.2) is 5.69 Å². The number of aromatic nitrogens is 4. The van der Waals surface area contributed by atoms with Crippen molar-refractivity contribution in [1.82, 2.24) is 25.3 Å². The van der Waals surface area contributed by atoms with Crippen LogP contribution in [0.5, 0.6) is 0 Å². The highest BCUT2D eigenvalue weighted by Gasteiger charge is 2.22. The zero-order chi connectivity index (χ0) is 18.6. The molecule has 1 fully saturated rings. The summed E-state index contributed by atoms with van der Waals surface area (Å²) >= 11 is 0. The lowest BCUT2D eigenvalue weighted by Crippen LogP contribution is -2.25. The molecule has 3 heterocycles. The zero-order valence-electron chi connectivity index (χ0n) is 14.6. The molecule has 0 radical (unpaired) electrons. The van der Waals surface area contributed by atoms with Crippen molar-refractivity contribution in [2.24, 2.45) is 0 Å². The summed E-state index contributed by atoms with van der Waals surface area (Å²) in [6, 6.07) is 11.2. The molecule has 0 unspecified atom stereocenters. The molecule has 0 bridgehead atoms. The lowest BCUT2D eigenvalue weighted by atomic mass is 10.2. The van der Waals surface area contributed by atoms with Crippen LogP contribution in [-0.4, -0.2) is 38.3 Å². The molecule has 0 spiro atoms. The van der Waals surface area contributed by atoms with Gasteiger partial charge in [-0.05, 0) is 30.2 Å². The van der Waals surface area contributed by atoms with Gasteiger partial charge < -0.3 is 10.2 Å². The van der Waals surface area contributed by atoms with Crippen LogP contribution < -0.4 is 10.2 Å². The van der Waals surface area contributed by atoms with Gasteiger partial charge in [0.05, 0.1) is 23.8 Å². The van der Waals surface area contributed by atoms with Crippen molar-refractivity contribution in [2.75, 3.05) is 11.4 Å². The number of carbonyl (C=O) groups excluding carboxylic acids is 2. The number of hydrogen-bond acceptors (Lipinski definition) is 5. The van der Waals surface area contributed by atoms with Crippen LogP contribution in [0, 0.1) is 0 Å². The number of anilines is 1. The van der Waals surface area contributed by atoms with E-state index in [2.05, 4.69) is 20.5 Å². The molecule has 3 aromatic rings. The Hall–Kier alpha value is -3.55. The van der Waals surface area contributed by atoms with Gasteiger partial charge in [-0.15, -0.1) is 5.10 Å². The van der Waals surface area contributed by atoms with E-state index < -0.39 is 0 Å². The largest absolute Gasteiger partial charge is 0.346 e. The summed E-state index contributed by atoms with van der Waals surface area (Å²) in [4.78, 5) is 31.5. The summed E-state index contributed by atoms with van der Waals surface area (Å²) in [5.74, 6) is -0.213. The number of nitrogens with zero attached hydrogens (tertiary/aromatic N) is 5. The van der Waals surface area contributed by atoms with E-state index >= 15 is 0 Å². The lowest BCUT2D eigenvalue weighted by molar-refractivity contribution is -0.117. The van der Waals surface area contributed by atoms with Crippen molar-refractivity contribution < 1.29 is 9.59 Å². The molecule has 1 N–H and O–H groups in total. The van der Waals surface area contributed by atoms with Crippen LogP contribution >= 0.6 is 0 Å². The number of nitrogens with one attached hydrogen (secondary N) is 1. The van der Waals surface area contributed by atoms with Crippen molar-refractivity contribution >= 4 is 17.5 Å². The second-order valence-electron chi connectivity index (χ2n) is 6.24. The van der Waals surface area contributed by atoms with E-state index in [0.717, 1.165) is 23.4 Å². The topological polar surface area (TPSA) is 93.0 Å². The quantitative estimate of drug-likeness (QED) is 0.746. The zero-order valence-corrected chi connectivity index (χ0v) is 14.6. The normalized spacial score (nSPS) is 13.8. The van der Waals surface area contributed by atoms with Crippen LogP contribution in [0.4, 0.5) is 5.69 Å². The van der Waals surface area contributed by atoms with Gasteiger partial charge in [0.1, 0.15) is 0 Å². The van der Waals surface area contributed by atoms with Crippen molar-refractivity contribution in [3.63, 3.8) is 0 Å². The predicted molar refractivity (Wildman–Crippen MR) is 98.4 cm³/mol. The number of rotatable bonds is 5. The number of hydrogen-bond donors (Lipinski definition) is 1. The second kappa shape index (κ2) is 7.36. The SMILES string of the molecule is O=C(NCc1cncc(N2CCCC2=O)c1)c1cnn(-c2ccccc2)n1. The van der Waals surface area contributed by atoms with Crippen molar-refractivity contribution in [2.45, 2.75) is 19.4 Å². The van der Waals surface area contributed by atoms with Gasteiger partial charge in [-0.25, -0.2) is 0 Å². The fourth-order valence-corrected chi connectivity index (χ4v) is 2.97. The predicted octanol–water partition coefficient (Wildman–Crippen LogP) is 1.72. The smallest absolute Gasteiger partial charge is 0.273 e. The fourth-order valence-electron chi connectivity index (χ4n) is 2.97. The Balaban J connectivity index is 1.41. The van der Waals surface area contributed by atoms with E-state index in [1.54, 1.807) is 17.3 Å². The van der Waals surface area contributed by atoms with Crippen LogP contribution in [0.1, 0.15) is 28.9 Å². The number of benzene rings is 1. The first-order chi connectivity index (χ1) is 13.2. The third kappa shape index (κ3) is 3.69. The van der Waals surface area contributed by atoms with E-state index in [4.69, 9.17) is 0 Å². The Morgan fingerprint density at radius 1 is 1.11 bits per heavy atom. The molecule has 1 aliphatic heterocycles. The molecule has 2 amide bonds.